The Morgan fingerprint density at radius 1 is 1.28 bits per heavy atom. The molecule has 1 aliphatic heterocycles. The van der Waals surface area contributed by atoms with Gasteiger partial charge in [-0.05, 0) is 24.9 Å². The Kier molecular flexibility index (Phi) is 5.16. The summed E-state index contributed by atoms with van der Waals surface area (Å²) >= 11 is 1.51. The second-order valence-corrected chi connectivity index (χ2v) is 6.73. The first-order valence-electron chi connectivity index (χ1n) is 8.04. The number of ether oxygens (including phenoxy) is 2. The van der Waals surface area contributed by atoms with Crippen LogP contribution in [0.5, 0.6) is 11.5 Å². The van der Waals surface area contributed by atoms with Crippen LogP contribution in [0.25, 0.3) is 11.1 Å². The summed E-state index contributed by atoms with van der Waals surface area (Å²) in [6, 6.07) is 8.14. The Labute approximate surface area is 152 Å². The van der Waals surface area contributed by atoms with Gasteiger partial charge in [0, 0.05) is 36.3 Å². The number of hydrogen-bond donors (Lipinski definition) is 0. The van der Waals surface area contributed by atoms with Gasteiger partial charge >= 0.3 is 0 Å². The number of methoxy groups -OCH3 is 2. The fourth-order valence-electron chi connectivity index (χ4n) is 3.30. The highest BCUT2D eigenvalue weighted by Gasteiger charge is 2.27. The van der Waals surface area contributed by atoms with E-state index < -0.39 is 0 Å². The lowest BCUT2D eigenvalue weighted by atomic mass is 9.91. The third-order valence-corrected chi connectivity index (χ3v) is 5.17. The summed E-state index contributed by atoms with van der Waals surface area (Å²) in [6.07, 6.45) is 2.83. The molecule has 0 fully saturated rings. The summed E-state index contributed by atoms with van der Waals surface area (Å²) in [4.78, 5) is 7.01. The van der Waals surface area contributed by atoms with Crippen LogP contribution in [0.2, 0.25) is 0 Å². The first-order valence-corrected chi connectivity index (χ1v) is 9.26. The standard InChI is InChI=1S/C19H21N3O2S/c1-22-9-8-15-14(11-22)17(13(10-20)19(21-15)25-4)12-6-5-7-16(23-2)18(12)24-3/h5-7H,8-9,11H2,1-4H3. The van der Waals surface area contributed by atoms with Crippen LogP contribution in [0.3, 0.4) is 0 Å². The van der Waals surface area contributed by atoms with Crippen LogP contribution < -0.4 is 9.47 Å². The Hall–Kier alpha value is -2.23. The molecular weight excluding hydrogens is 334 g/mol. The lowest BCUT2D eigenvalue weighted by Crippen LogP contribution is -2.28. The SMILES string of the molecule is COc1cccc(-c2c(C#N)c(SC)nc3c2CN(C)CC3)c1OC. The van der Waals surface area contributed by atoms with Crippen LogP contribution in [-0.2, 0) is 13.0 Å². The molecule has 2 heterocycles. The molecule has 6 heteroatoms. The summed E-state index contributed by atoms with van der Waals surface area (Å²) < 4.78 is 11.1. The molecule has 25 heavy (non-hydrogen) atoms. The van der Waals surface area contributed by atoms with Crippen molar-refractivity contribution in [1.29, 1.82) is 5.26 Å². The number of likely N-dealkylation sites (N-methyl/N-ethyl adjacent to an activating group) is 1. The van der Waals surface area contributed by atoms with Gasteiger partial charge in [-0.15, -0.1) is 11.8 Å². The molecule has 1 aromatic carbocycles. The average molecular weight is 355 g/mol. The van der Waals surface area contributed by atoms with E-state index in [2.05, 4.69) is 18.0 Å². The summed E-state index contributed by atoms with van der Waals surface area (Å²) in [6.45, 7) is 1.73. The van der Waals surface area contributed by atoms with E-state index >= 15 is 0 Å². The van der Waals surface area contributed by atoms with Crippen molar-refractivity contribution in [2.75, 3.05) is 34.1 Å². The van der Waals surface area contributed by atoms with Crippen molar-refractivity contribution < 1.29 is 9.47 Å². The highest BCUT2D eigenvalue weighted by molar-refractivity contribution is 7.98. The lowest BCUT2D eigenvalue weighted by molar-refractivity contribution is 0.309. The minimum absolute atomic E-state index is 0.605. The molecule has 0 N–H and O–H groups in total. The molecule has 0 radical (unpaired) electrons. The highest BCUT2D eigenvalue weighted by Crippen LogP contribution is 2.43. The van der Waals surface area contributed by atoms with Crippen LogP contribution in [0.4, 0.5) is 0 Å². The molecule has 1 aromatic heterocycles. The largest absolute Gasteiger partial charge is 0.493 e. The highest BCUT2D eigenvalue weighted by atomic mass is 32.2. The molecule has 2 aromatic rings. The van der Waals surface area contributed by atoms with Crippen molar-refractivity contribution >= 4 is 11.8 Å². The maximum Gasteiger partial charge on any atom is 0.168 e. The second-order valence-electron chi connectivity index (χ2n) is 5.94. The fraction of sp³-hybridized carbons (Fsp3) is 0.368. The maximum atomic E-state index is 9.86. The minimum Gasteiger partial charge on any atom is -0.493 e. The van der Waals surface area contributed by atoms with Gasteiger partial charge in [0.05, 0.1) is 19.8 Å². The zero-order valence-corrected chi connectivity index (χ0v) is 15.7. The molecule has 0 saturated carbocycles. The Balaban J connectivity index is 2.38. The Morgan fingerprint density at radius 3 is 2.72 bits per heavy atom. The molecule has 0 saturated heterocycles. The lowest BCUT2D eigenvalue weighted by Gasteiger charge is -2.28. The zero-order valence-electron chi connectivity index (χ0n) is 14.9. The third-order valence-electron chi connectivity index (χ3n) is 4.49. The monoisotopic (exact) mass is 355 g/mol. The first-order chi connectivity index (χ1) is 12.1. The number of thioether (sulfide) groups is 1. The van der Waals surface area contributed by atoms with Gasteiger partial charge in [-0.3, -0.25) is 0 Å². The van der Waals surface area contributed by atoms with Crippen LogP contribution >= 0.6 is 11.8 Å². The quantitative estimate of drug-likeness (QED) is 0.784. The van der Waals surface area contributed by atoms with Crippen LogP contribution in [0.1, 0.15) is 16.8 Å². The molecule has 1 aliphatic rings. The van der Waals surface area contributed by atoms with E-state index in [1.54, 1.807) is 14.2 Å². The smallest absolute Gasteiger partial charge is 0.168 e. The second kappa shape index (κ2) is 7.34. The van der Waals surface area contributed by atoms with Crippen LogP contribution in [0, 0.1) is 11.3 Å². The molecule has 130 valence electrons. The van der Waals surface area contributed by atoms with E-state index in [0.29, 0.717) is 17.1 Å². The molecule has 5 nitrogen and oxygen atoms in total. The molecule has 3 rings (SSSR count). The van der Waals surface area contributed by atoms with E-state index in [-0.39, 0.29) is 0 Å². The normalized spacial score (nSPS) is 13.9. The van der Waals surface area contributed by atoms with Gasteiger partial charge in [0.25, 0.3) is 0 Å². The topological polar surface area (TPSA) is 58.4 Å². The number of para-hydroxylation sites is 1. The molecule has 0 unspecified atom stereocenters. The number of aromatic nitrogens is 1. The van der Waals surface area contributed by atoms with Gasteiger partial charge in [-0.1, -0.05) is 12.1 Å². The molecule has 0 aliphatic carbocycles. The maximum absolute atomic E-state index is 9.86. The third kappa shape index (κ3) is 3.06. The Bertz CT molecular complexity index is 846. The fourth-order valence-corrected chi connectivity index (χ4v) is 3.86. The van der Waals surface area contributed by atoms with Crippen molar-refractivity contribution in [2.45, 2.75) is 18.0 Å². The Morgan fingerprint density at radius 2 is 2.08 bits per heavy atom. The number of nitrogens with zero attached hydrogens (tertiary/aromatic N) is 3. The summed E-state index contributed by atoms with van der Waals surface area (Å²) in [5.74, 6) is 1.31. The predicted octanol–water partition coefficient (Wildman–Crippen LogP) is 3.35. The van der Waals surface area contributed by atoms with Gasteiger partial charge in [0.2, 0.25) is 0 Å². The van der Waals surface area contributed by atoms with E-state index in [1.165, 1.54) is 11.8 Å². The predicted molar refractivity (Wildman–Crippen MR) is 99.3 cm³/mol. The van der Waals surface area contributed by atoms with E-state index in [4.69, 9.17) is 14.5 Å². The van der Waals surface area contributed by atoms with Gasteiger partial charge < -0.3 is 14.4 Å². The van der Waals surface area contributed by atoms with E-state index in [0.717, 1.165) is 46.9 Å². The number of hydrogen-bond acceptors (Lipinski definition) is 6. The van der Waals surface area contributed by atoms with Crippen molar-refractivity contribution in [3.05, 3.63) is 35.0 Å². The van der Waals surface area contributed by atoms with Gasteiger partial charge in [-0.2, -0.15) is 5.26 Å². The number of pyridine rings is 1. The van der Waals surface area contributed by atoms with Crippen LogP contribution in [0.15, 0.2) is 23.2 Å². The van der Waals surface area contributed by atoms with Gasteiger partial charge in [0.15, 0.2) is 11.5 Å². The average Bonchev–Trinajstić information content (AvgIpc) is 2.65. The number of nitriles is 1. The molecule has 0 atom stereocenters. The van der Waals surface area contributed by atoms with Crippen LogP contribution in [-0.4, -0.2) is 44.0 Å². The zero-order chi connectivity index (χ0) is 18.0. The summed E-state index contributed by atoms with van der Waals surface area (Å²) in [7, 11) is 5.34. The molecule has 0 spiro atoms. The molecular formula is C19H21N3O2S. The minimum atomic E-state index is 0.605. The summed E-state index contributed by atoms with van der Waals surface area (Å²) in [5.41, 5.74) is 4.57. The number of benzene rings is 1. The summed E-state index contributed by atoms with van der Waals surface area (Å²) in [5, 5.41) is 10.6. The first kappa shape index (κ1) is 17.6. The van der Waals surface area contributed by atoms with Gasteiger partial charge in [-0.25, -0.2) is 4.98 Å². The van der Waals surface area contributed by atoms with Crippen molar-refractivity contribution in [3.8, 4) is 28.7 Å². The number of fused-ring (bicyclic) bond motifs is 1. The van der Waals surface area contributed by atoms with E-state index in [9.17, 15) is 5.26 Å². The van der Waals surface area contributed by atoms with Crippen molar-refractivity contribution in [1.82, 2.24) is 9.88 Å². The van der Waals surface area contributed by atoms with Crippen molar-refractivity contribution in [3.63, 3.8) is 0 Å². The molecule has 0 bridgehead atoms. The van der Waals surface area contributed by atoms with Gasteiger partial charge in [0.1, 0.15) is 11.1 Å². The van der Waals surface area contributed by atoms with E-state index in [1.807, 2.05) is 24.5 Å². The number of rotatable bonds is 4. The van der Waals surface area contributed by atoms with Crippen molar-refractivity contribution in [2.24, 2.45) is 0 Å². The molecule has 0 amide bonds.